The first-order valence-corrected chi connectivity index (χ1v) is 11.2. The highest BCUT2D eigenvalue weighted by atomic mass is 79.9. The maximum Gasteiger partial charge on any atom is 0.269 e. The molecule has 32 heavy (non-hydrogen) atoms. The normalized spacial score (nSPS) is 24.6. The highest BCUT2D eigenvalue weighted by molar-refractivity contribution is 9.10. The first-order valence-electron chi connectivity index (χ1n) is 10.0. The summed E-state index contributed by atoms with van der Waals surface area (Å²) in [6.07, 6.45) is 0. The molecule has 9 heteroatoms. The number of nitrogens with zero attached hydrogens (tertiary/aromatic N) is 2. The Morgan fingerprint density at radius 3 is 2.09 bits per heavy atom. The van der Waals surface area contributed by atoms with E-state index in [2.05, 4.69) is 26.8 Å². The summed E-state index contributed by atoms with van der Waals surface area (Å²) in [6, 6.07) is 20.7. The number of nitro benzene ring substituents is 1. The molecule has 2 N–H and O–H groups in total. The van der Waals surface area contributed by atoms with Gasteiger partial charge in [-0.15, -0.1) is 0 Å². The Bertz CT molecular complexity index is 1170. The second-order valence-electron chi connectivity index (χ2n) is 7.85. The molecule has 3 aromatic rings. The second kappa shape index (κ2) is 8.29. The second-order valence-corrected chi connectivity index (χ2v) is 9.20. The number of carbonyl (C=O) groups excluding carboxylic acids is 1. The lowest BCUT2D eigenvalue weighted by Gasteiger charge is -2.31. The minimum absolute atomic E-state index is 0.0137. The summed E-state index contributed by atoms with van der Waals surface area (Å²) in [5.74, 6) is -0.200. The van der Waals surface area contributed by atoms with Gasteiger partial charge in [-0.05, 0) is 47.5 Å². The van der Waals surface area contributed by atoms with Crippen molar-refractivity contribution in [2.75, 3.05) is 4.90 Å². The molecule has 0 aromatic heterocycles. The summed E-state index contributed by atoms with van der Waals surface area (Å²) in [4.78, 5) is 26.0. The van der Waals surface area contributed by atoms with Crippen molar-refractivity contribution in [2.45, 2.75) is 18.1 Å². The largest absolute Gasteiger partial charge is 0.303 e. The van der Waals surface area contributed by atoms with Crippen molar-refractivity contribution in [3.8, 4) is 0 Å². The quantitative estimate of drug-likeness (QED) is 0.381. The number of anilines is 1. The van der Waals surface area contributed by atoms with Gasteiger partial charge in [0, 0.05) is 33.2 Å². The monoisotopic (exact) mass is 512 g/mol. The molecule has 2 saturated heterocycles. The van der Waals surface area contributed by atoms with Gasteiger partial charge in [0.05, 0.1) is 17.0 Å². The standard InChI is InChI=1S/C23H18BrClN4O3/c24-15-5-1-13(2-6-15)20-19-21(27-26-20)23(30)28(17-11-7-16(25)8-12-17)22(19)14-3-9-18(10-4-14)29(31)32/h1-12,19-22,26-27H. The zero-order valence-electron chi connectivity index (χ0n) is 16.6. The molecule has 2 heterocycles. The molecule has 4 atom stereocenters. The molecule has 2 fully saturated rings. The van der Waals surface area contributed by atoms with Crippen LogP contribution in [0.4, 0.5) is 11.4 Å². The molecule has 1 amide bonds. The maximum absolute atomic E-state index is 13.5. The zero-order valence-corrected chi connectivity index (χ0v) is 19.0. The molecule has 5 rings (SSSR count). The number of rotatable bonds is 4. The van der Waals surface area contributed by atoms with Gasteiger partial charge < -0.3 is 4.90 Å². The molecule has 0 aliphatic carbocycles. The highest BCUT2D eigenvalue weighted by Gasteiger charge is 2.56. The summed E-state index contributed by atoms with van der Waals surface area (Å²) >= 11 is 9.54. The summed E-state index contributed by atoms with van der Waals surface area (Å²) in [6.45, 7) is 0. The highest BCUT2D eigenvalue weighted by Crippen LogP contribution is 2.49. The number of non-ortho nitro benzene ring substituents is 1. The molecule has 0 radical (unpaired) electrons. The Balaban J connectivity index is 1.61. The smallest absolute Gasteiger partial charge is 0.269 e. The van der Waals surface area contributed by atoms with E-state index in [1.165, 1.54) is 12.1 Å². The third-order valence-corrected chi connectivity index (χ3v) is 6.87. The third kappa shape index (κ3) is 3.59. The first-order chi connectivity index (χ1) is 15.4. The predicted octanol–water partition coefficient (Wildman–Crippen LogP) is 4.93. The van der Waals surface area contributed by atoms with E-state index >= 15 is 0 Å². The Kier molecular flexibility index (Phi) is 5.46. The summed E-state index contributed by atoms with van der Waals surface area (Å²) < 4.78 is 0.973. The molecular formula is C23H18BrClN4O3. The molecular weight excluding hydrogens is 496 g/mol. The summed E-state index contributed by atoms with van der Waals surface area (Å²) in [5, 5.41) is 11.7. The van der Waals surface area contributed by atoms with Gasteiger partial charge in [-0.3, -0.25) is 14.9 Å². The lowest BCUT2D eigenvalue weighted by atomic mass is 9.83. The van der Waals surface area contributed by atoms with Crippen molar-refractivity contribution in [2.24, 2.45) is 5.92 Å². The molecule has 0 spiro atoms. The maximum atomic E-state index is 13.5. The van der Waals surface area contributed by atoms with Gasteiger partial charge in [-0.2, -0.15) is 0 Å². The van der Waals surface area contributed by atoms with Crippen LogP contribution in [0.25, 0.3) is 0 Å². The number of halogens is 2. The summed E-state index contributed by atoms with van der Waals surface area (Å²) in [5.41, 5.74) is 9.10. The molecule has 2 aliphatic rings. The van der Waals surface area contributed by atoms with E-state index in [0.717, 1.165) is 21.3 Å². The fourth-order valence-electron chi connectivity index (χ4n) is 4.64. The van der Waals surface area contributed by atoms with Crippen LogP contribution < -0.4 is 15.8 Å². The van der Waals surface area contributed by atoms with E-state index in [4.69, 9.17) is 11.6 Å². The van der Waals surface area contributed by atoms with Crippen LogP contribution in [-0.2, 0) is 4.79 Å². The average Bonchev–Trinajstić information content (AvgIpc) is 3.34. The predicted molar refractivity (Wildman–Crippen MR) is 125 cm³/mol. The Labute approximate surface area is 197 Å². The van der Waals surface area contributed by atoms with Gasteiger partial charge >= 0.3 is 0 Å². The van der Waals surface area contributed by atoms with Crippen molar-refractivity contribution in [1.29, 1.82) is 0 Å². The number of benzene rings is 3. The number of amides is 1. The molecule has 4 unspecified atom stereocenters. The van der Waals surface area contributed by atoms with Gasteiger partial charge in [-0.1, -0.05) is 51.8 Å². The number of hydrogen-bond donors (Lipinski definition) is 2. The number of hydrogen-bond acceptors (Lipinski definition) is 5. The van der Waals surface area contributed by atoms with Crippen LogP contribution in [0.15, 0.2) is 77.3 Å². The van der Waals surface area contributed by atoms with Gasteiger partial charge in [-0.25, -0.2) is 10.9 Å². The fraction of sp³-hybridized carbons (Fsp3) is 0.174. The van der Waals surface area contributed by atoms with Crippen molar-refractivity contribution < 1.29 is 9.72 Å². The van der Waals surface area contributed by atoms with Gasteiger partial charge in [0.2, 0.25) is 5.91 Å². The lowest BCUT2D eigenvalue weighted by molar-refractivity contribution is -0.384. The Hall–Kier alpha value is -2.78. The van der Waals surface area contributed by atoms with Crippen molar-refractivity contribution >= 4 is 44.8 Å². The minimum atomic E-state index is -0.445. The number of hydrazine groups is 1. The van der Waals surface area contributed by atoms with Crippen LogP contribution in [0.2, 0.25) is 5.02 Å². The lowest BCUT2D eigenvalue weighted by Crippen LogP contribution is -2.41. The molecule has 0 bridgehead atoms. The molecule has 3 aromatic carbocycles. The van der Waals surface area contributed by atoms with Crippen LogP contribution in [0.5, 0.6) is 0 Å². The Morgan fingerprint density at radius 1 is 0.875 bits per heavy atom. The minimum Gasteiger partial charge on any atom is -0.303 e. The van der Waals surface area contributed by atoms with E-state index in [9.17, 15) is 14.9 Å². The van der Waals surface area contributed by atoms with Gasteiger partial charge in [0.25, 0.3) is 5.69 Å². The molecule has 2 aliphatic heterocycles. The van der Waals surface area contributed by atoms with E-state index in [0.29, 0.717) is 5.02 Å². The van der Waals surface area contributed by atoms with Crippen molar-refractivity contribution in [3.05, 3.63) is 104 Å². The number of nitrogens with one attached hydrogen (secondary N) is 2. The summed E-state index contributed by atoms with van der Waals surface area (Å²) in [7, 11) is 0. The van der Waals surface area contributed by atoms with Crippen LogP contribution in [-0.4, -0.2) is 16.9 Å². The van der Waals surface area contributed by atoms with Crippen LogP contribution in [0, 0.1) is 16.0 Å². The number of fused-ring (bicyclic) bond motifs is 1. The average molecular weight is 514 g/mol. The SMILES string of the molecule is O=C1C2NNC(c3ccc(Br)cc3)C2C(c2ccc([N+](=O)[O-])cc2)N1c1ccc(Cl)cc1. The van der Waals surface area contributed by atoms with Crippen molar-refractivity contribution in [3.63, 3.8) is 0 Å². The number of carbonyl (C=O) groups is 1. The van der Waals surface area contributed by atoms with Crippen LogP contribution >= 0.6 is 27.5 Å². The number of nitro groups is 1. The van der Waals surface area contributed by atoms with E-state index in [1.807, 2.05) is 36.4 Å². The van der Waals surface area contributed by atoms with Gasteiger partial charge in [0.1, 0.15) is 6.04 Å². The Morgan fingerprint density at radius 2 is 1.47 bits per heavy atom. The van der Waals surface area contributed by atoms with Crippen LogP contribution in [0.1, 0.15) is 23.2 Å². The molecule has 7 nitrogen and oxygen atoms in total. The molecule has 0 saturated carbocycles. The van der Waals surface area contributed by atoms with Gasteiger partial charge in [0.15, 0.2) is 0 Å². The topological polar surface area (TPSA) is 87.5 Å². The van der Waals surface area contributed by atoms with Crippen molar-refractivity contribution in [1.82, 2.24) is 10.9 Å². The molecule has 162 valence electrons. The first kappa shape index (κ1) is 21.1. The zero-order chi connectivity index (χ0) is 22.4. The van der Waals surface area contributed by atoms with E-state index in [-0.39, 0.29) is 29.6 Å². The van der Waals surface area contributed by atoms with Crippen LogP contribution in [0.3, 0.4) is 0 Å². The van der Waals surface area contributed by atoms with E-state index in [1.54, 1.807) is 29.2 Å². The van der Waals surface area contributed by atoms with E-state index < -0.39 is 11.0 Å². The third-order valence-electron chi connectivity index (χ3n) is 6.09. The fourth-order valence-corrected chi connectivity index (χ4v) is 5.03.